The predicted octanol–water partition coefficient (Wildman–Crippen LogP) is 4.71. The first-order valence-electron chi connectivity index (χ1n) is 10.1. The van der Waals surface area contributed by atoms with E-state index in [2.05, 4.69) is 30.9 Å². The number of benzene rings is 2. The van der Waals surface area contributed by atoms with E-state index in [1.54, 1.807) is 16.2 Å². The van der Waals surface area contributed by atoms with Crippen LogP contribution in [0.4, 0.5) is 5.13 Å². The topological polar surface area (TPSA) is 54.9 Å². The Morgan fingerprint density at radius 3 is 2.29 bits per heavy atom. The van der Waals surface area contributed by atoms with Crippen LogP contribution in [0, 0.1) is 13.8 Å². The highest BCUT2D eigenvalue weighted by atomic mass is 35.5. The van der Waals surface area contributed by atoms with Crippen molar-refractivity contribution in [3.05, 3.63) is 47.5 Å². The molecule has 6 nitrogen and oxygen atoms in total. The van der Waals surface area contributed by atoms with Gasteiger partial charge in [-0.15, -0.1) is 12.4 Å². The number of thiazole rings is 1. The fourth-order valence-electron chi connectivity index (χ4n) is 3.13. The molecule has 0 saturated heterocycles. The SMILES string of the molecule is CCOc1ccc(OCC(=O)N(CCN(C)C)c2nc3cc(C)cc(C)c3s2)cc1.Cl. The summed E-state index contributed by atoms with van der Waals surface area (Å²) in [6.07, 6.45) is 0. The molecule has 31 heavy (non-hydrogen) atoms. The second kappa shape index (κ2) is 11.3. The molecule has 0 atom stereocenters. The largest absolute Gasteiger partial charge is 0.494 e. The highest BCUT2D eigenvalue weighted by Gasteiger charge is 2.21. The number of hydrogen-bond acceptors (Lipinski definition) is 6. The second-order valence-corrected chi connectivity index (χ2v) is 8.45. The van der Waals surface area contributed by atoms with Gasteiger partial charge in [-0.05, 0) is 76.3 Å². The van der Waals surface area contributed by atoms with Crippen LogP contribution in [0.2, 0.25) is 0 Å². The van der Waals surface area contributed by atoms with Crippen LogP contribution < -0.4 is 14.4 Å². The lowest BCUT2D eigenvalue weighted by atomic mass is 10.1. The van der Waals surface area contributed by atoms with Crippen LogP contribution in [0.3, 0.4) is 0 Å². The van der Waals surface area contributed by atoms with Crippen LogP contribution in [0.5, 0.6) is 11.5 Å². The fraction of sp³-hybridized carbons (Fsp3) is 0.391. The van der Waals surface area contributed by atoms with Crippen LogP contribution >= 0.6 is 23.7 Å². The van der Waals surface area contributed by atoms with E-state index in [-0.39, 0.29) is 24.9 Å². The average molecular weight is 464 g/mol. The number of halogens is 1. The monoisotopic (exact) mass is 463 g/mol. The first-order chi connectivity index (χ1) is 14.4. The van der Waals surface area contributed by atoms with Crippen LogP contribution in [0.15, 0.2) is 36.4 Å². The summed E-state index contributed by atoms with van der Waals surface area (Å²) in [7, 11) is 3.98. The van der Waals surface area contributed by atoms with Gasteiger partial charge < -0.3 is 14.4 Å². The first-order valence-corrected chi connectivity index (χ1v) is 10.9. The molecule has 3 rings (SSSR count). The molecule has 0 aliphatic rings. The highest BCUT2D eigenvalue weighted by Crippen LogP contribution is 2.32. The van der Waals surface area contributed by atoms with Gasteiger partial charge in [0.15, 0.2) is 11.7 Å². The molecule has 168 valence electrons. The van der Waals surface area contributed by atoms with Crippen LogP contribution in [-0.4, -0.2) is 56.2 Å². The minimum Gasteiger partial charge on any atom is -0.494 e. The number of likely N-dealkylation sites (N-methyl/N-ethyl adjacent to an activating group) is 1. The first kappa shape index (κ1) is 24.9. The maximum absolute atomic E-state index is 13.1. The maximum atomic E-state index is 13.1. The number of aromatic nitrogens is 1. The van der Waals surface area contributed by atoms with Gasteiger partial charge in [0.1, 0.15) is 11.5 Å². The molecule has 8 heteroatoms. The van der Waals surface area contributed by atoms with E-state index in [0.29, 0.717) is 24.0 Å². The number of fused-ring (bicyclic) bond motifs is 1. The summed E-state index contributed by atoms with van der Waals surface area (Å²) in [4.78, 5) is 21.6. The summed E-state index contributed by atoms with van der Waals surface area (Å²) in [5, 5.41) is 0.709. The van der Waals surface area contributed by atoms with Gasteiger partial charge in [0, 0.05) is 13.1 Å². The normalized spacial score (nSPS) is 10.8. The number of hydrogen-bond donors (Lipinski definition) is 0. The zero-order valence-electron chi connectivity index (χ0n) is 18.7. The predicted molar refractivity (Wildman–Crippen MR) is 130 cm³/mol. The molecule has 3 aromatic rings. The average Bonchev–Trinajstić information content (AvgIpc) is 3.11. The van der Waals surface area contributed by atoms with Crippen molar-refractivity contribution in [3.63, 3.8) is 0 Å². The van der Waals surface area contributed by atoms with Crippen LogP contribution in [-0.2, 0) is 4.79 Å². The Kier molecular flexibility index (Phi) is 9.10. The van der Waals surface area contributed by atoms with Crippen molar-refractivity contribution in [3.8, 4) is 11.5 Å². The Morgan fingerprint density at radius 1 is 1.03 bits per heavy atom. The highest BCUT2D eigenvalue weighted by molar-refractivity contribution is 7.22. The Labute approximate surface area is 194 Å². The summed E-state index contributed by atoms with van der Waals surface area (Å²) in [5.74, 6) is 1.30. The van der Waals surface area contributed by atoms with Gasteiger partial charge in [-0.1, -0.05) is 17.4 Å². The number of carbonyl (C=O) groups is 1. The van der Waals surface area contributed by atoms with Crippen molar-refractivity contribution in [1.82, 2.24) is 9.88 Å². The van der Waals surface area contributed by atoms with E-state index < -0.39 is 0 Å². The van der Waals surface area contributed by atoms with Crippen LogP contribution in [0.1, 0.15) is 18.1 Å². The van der Waals surface area contributed by atoms with E-state index in [4.69, 9.17) is 14.5 Å². The molecule has 0 radical (unpaired) electrons. The van der Waals surface area contributed by atoms with E-state index in [1.165, 1.54) is 11.1 Å². The maximum Gasteiger partial charge on any atom is 0.266 e. The van der Waals surface area contributed by atoms with Gasteiger partial charge in [0.05, 0.1) is 16.8 Å². The minimum absolute atomic E-state index is 0. The summed E-state index contributed by atoms with van der Waals surface area (Å²) < 4.78 is 12.3. The molecule has 0 aliphatic heterocycles. The van der Waals surface area contributed by atoms with Gasteiger partial charge in [0.2, 0.25) is 0 Å². The van der Waals surface area contributed by atoms with Crippen molar-refractivity contribution >= 4 is 45.0 Å². The lowest BCUT2D eigenvalue weighted by Crippen LogP contribution is -2.39. The molecular formula is C23H30ClN3O3S. The second-order valence-electron chi connectivity index (χ2n) is 7.47. The van der Waals surface area contributed by atoms with E-state index in [0.717, 1.165) is 22.5 Å². The summed E-state index contributed by atoms with van der Waals surface area (Å²) >= 11 is 1.55. The molecular weight excluding hydrogens is 434 g/mol. The van der Waals surface area contributed by atoms with Crippen molar-refractivity contribution in [2.24, 2.45) is 0 Å². The van der Waals surface area contributed by atoms with Gasteiger partial charge >= 0.3 is 0 Å². The van der Waals surface area contributed by atoms with E-state index in [9.17, 15) is 4.79 Å². The van der Waals surface area contributed by atoms with Gasteiger partial charge in [-0.25, -0.2) is 4.98 Å². The summed E-state index contributed by atoms with van der Waals surface area (Å²) in [6.45, 7) is 7.94. The van der Waals surface area contributed by atoms with Crippen molar-refractivity contribution in [2.45, 2.75) is 20.8 Å². The summed E-state index contributed by atoms with van der Waals surface area (Å²) in [6, 6.07) is 11.5. The number of carbonyl (C=O) groups excluding carboxylic acids is 1. The van der Waals surface area contributed by atoms with Crippen molar-refractivity contribution < 1.29 is 14.3 Å². The molecule has 0 aliphatic carbocycles. The lowest BCUT2D eigenvalue weighted by molar-refractivity contribution is -0.120. The Balaban J connectivity index is 0.00000341. The molecule has 1 amide bonds. The minimum atomic E-state index is -0.112. The Morgan fingerprint density at radius 2 is 1.68 bits per heavy atom. The molecule has 0 unspecified atom stereocenters. The molecule has 1 aromatic heterocycles. The number of nitrogens with zero attached hydrogens (tertiary/aromatic N) is 3. The molecule has 0 N–H and O–H groups in total. The number of anilines is 1. The molecule has 0 bridgehead atoms. The van der Waals surface area contributed by atoms with Gasteiger partial charge in [-0.3, -0.25) is 9.69 Å². The summed E-state index contributed by atoms with van der Waals surface area (Å²) in [5.41, 5.74) is 3.28. The number of aryl methyl sites for hydroxylation is 2. The Bertz CT molecular complexity index is 1010. The van der Waals surface area contributed by atoms with Gasteiger partial charge in [-0.2, -0.15) is 0 Å². The number of amides is 1. The smallest absolute Gasteiger partial charge is 0.266 e. The fourth-order valence-corrected chi connectivity index (χ4v) is 4.19. The Hall–Kier alpha value is -2.35. The lowest BCUT2D eigenvalue weighted by Gasteiger charge is -2.22. The molecule has 0 saturated carbocycles. The third-order valence-corrected chi connectivity index (χ3v) is 5.84. The standard InChI is InChI=1S/C23H29N3O3S.ClH/c1-6-28-18-7-9-19(10-8-18)29-15-21(27)26(12-11-25(4)5)23-24-20-14-16(2)13-17(3)22(20)30-23;/h7-10,13-14H,6,11-12,15H2,1-5H3;1H. The molecule has 1 heterocycles. The van der Waals surface area contributed by atoms with Crippen molar-refractivity contribution in [2.75, 3.05) is 45.3 Å². The molecule has 2 aromatic carbocycles. The quantitative estimate of drug-likeness (QED) is 0.460. The molecule has 0 spiro atoms. The van der Waals surface area contributed by atoms with Crippen LogP contribution in [0.25, 0.3) is 10.2 Å². The van der Waals surface area contributed by atoms with E-state index >= 15 is 0 Å². The molecule has 0 fully saturated rings. The van der Waals surface area contributed by atoms with Crippen molar-refractivity contribution in [1.29, 1.82) is 0 Å². The zero-order valence-corrected chi connectivity index (χ0v) is 20.3. The third kappa shape index (κ3) is 6.56. The number of rotatable bonds is 9. The van der Waals surface area contributed by atoms with Gasteiger partial charge in [0.25, 0.3) is 5.91 Å². The zero-order chi connectivity index (χ0) is 21.7. The number of ether oxygens (including phenoxy) is 2. The van der Waals surface area contributed by atoms with E-state index in [1.807, 2.05) is 45.3 Å². The third-order valence-electron chi connectivity index (χ3n) is 4.61.